The molecular weight excluding hydrogens is 264 g/mol. The second-order valence-corrected chi connectivity index (χ2v) is 5.38. The molecule has 1 aromatic carbocycles. The molecule has 0 radical (unpaired) electrons. The normalized spacial score (nSPS) is 11.6. The van der Waals surface area contributed by atoms with Gasteiger partial charge in [-0.2, -0.15) is 0 Å². The highest BCUT2D eigenvalue weighted by Gasteiger charge is 2.15. The molecule has 110 valence electrons. The number of benzene rings is 1. The molecule has 0 aliphatic carbocycles. The van der Waals surface area contributed by atoms with Gasteiger partial charge in [0.1, 0.15) is 17.1 Å². The molecule has 0 spiro atoms. The summed E-state index contributed by atoms with van der Waals surface area (Å²) in [5.74, 6) is 1.91. The van der Waals surface area contributed by atoms with Crippen LogP contribution in [0.5, 0.6) is 0 Å². The van der Waals surface area contributed by atoms with Crippen molar-refractivity contribution in [2.45, 2.75) is 26.6 Å². The predicted molar refractivity (Wildman–Crippen MR) is 82.7 cm³/mol. The molecule has 0 aliphatic heterocycles. The summed E-state index contributed by atoms with van der Waals surface area (Å²) in [4.78, 5) is 2.20. The first-order valence-corrected chi connectivity index (χ1v) is 7.10. The molecule has 0 saturated carbocycles. The summed E-state index contributed by atoms with van der Waals surface area (Å²) < 4.78 is 11.3. The number of aryl methyl sites for hydroxylation is 1. The predicted octanol–water partition coefficient (Wildman–Crippen LogP) is 3.42. The van der Waals surface area contributed by atoms with Gasteiger partial charge in [-0.3, -0.25) is 4.90 Å². The SMILES string of the molecule is Cc1occc1CN(C)Cc1oc2ccccc2c1CN. The van der Waals surface area contributed by atoms with Crippen LogP contribution in [0.3, 0.4) is 0 Å². The third-order valence-electron chi connectivity index (χ3n) is 3.81. The van der Waals surface area contributed by atoms with E-state index in [9.17, 15) is 0 Å². The zero-order valence-electron chi connectivity index (χ0n) is 12.4. The van der Waals surface area contributed by atoms with Crippen LogP contribution in [0.4, 0.5) is 0 Å². The maximum Gasteiger partial charge on any atom is 0.134 e. The van der Waals surface area contributed by atoms with Crippen molar-refractivity contribution in [3.63, 3.8) is 0 Å². The Hall–Kier alpha value is -2.04. The van der Waals surface area contributed by atoms with Gasteiger partial charge >= 0.3 is 0 Å². The second kappa shape index (κ2) is 5.76. The Kier molecular flexibility index (Phi) is 3.82. The smallest absolute Gasteiger partial charge is 0.134 e. The molecule has 4 nitrogen and oxygen atoms in total. The van der Waals surface area contributed by atoms with E-state index in [2.05, 4.69) is 18.0 Å². The molecule has 2 heterocycles. The van der Waals surface area contributed by atoms with Crippen molar-refractivity contribution in [1.82, 2.24) is 4.90 Å². The summed E-state index contributed by atoms with van der Waals surface area (Å²) in [5.41, 5.74) is 9.10. The molecule has 0 fully saturated rings. The van der Waals surface area contributed by atoms with Gasteiger partial charge in [0.2, 0.25) is 0 Å². The van der Waals surface area contributed by atoms with Gasteiger partial charge in [-0.1, -0.05) is 18.2 Å². The summed E-state index contributed by atoms with van der Waals surface area (Å²) >= 11 is 0. The van der Waals surface area contributed by atoms with Crippen LogP contribution in [0.25, 0.3) is 11.0 Å². The molecule has 3 aromatic rings. The Bertz CT molecular complexity index is 742. The quantitative estimate of drug-likeness (QED) is 0.780. The maximum atomic E-state index is 5.97. The lowest BCUT2D eigenvalue weighted by molar-refractivity contribution is 0.288. The Balaban J connectivity index is 1.82. The van der Waals surface area contributed by atoms with Gasteiger partial charge in [0.25, 0.3) is 0 Å². The lowest BCUT2D eigenvalue weighted by atomic mass is 10.1. The van der Waals surface area contributed by atoms with E-state index < -0.39 is 0 Å². The summed E-state index contributed by atoms with van der Waals surface area (Å²) in [7, 11) is 2.07. The molecule has 2 N–H and O–H groups in total. The largest absolute Gasteiger partial charge is 0.469 e. The standard InChI is InChI=1S/C17H20N2O2/c1-12-13(7-8-20-12)10-19(2)11-17-15(9-18)14-5-3-4-6-16(14)21-17/h3-8H,9-11,18H2,1-2H3. The number of fused-ring (bicyclic) bond motifs is 1. The van der Waals surface area contributed by atoms with Crippen LogP contribution >= 0.6 is 0 Å². The van der Waals surface area contributed by atoms with Gasteiger partial charge in [0, 0.05) is 29.6 Å². The minimum absolute atomic E-state index is 0.491. The van der Waals surface area contributed by atoms with Crippen LogP contribution in [0, 0.1) is 6.92 Å². The van der Waals surface area contributed by atoms with Crippen molar-refractivity contribution in [2.75, 3.05) is 7.05 Å². The van der Waals surface area contributed by atoms with Crippen molar-refractivity contribution < 1.29 is 8.83 Å². The number of nitrogens with zero attached hydrogens (tertiary/aromatic N) is 1. The van der Waals surface area contributed by atoms with Crippen LogP contribution in [-0.2, 0) is 19.6 Å². The highest BCUT2D eigenvalue weighted by atomic mass is 16.3. The van der Waals surface area contributed by atoms with Gasteiger partial charge in [-0.25, -0.2) is 0 Å². The van der Waals surface area contributed by atoms with Crippen molar-refractivity contribution in [3.05, 3.63) is 59.2 Å². The number of hydrogen-bond donors (Lipinski definition) is 1. The van der Waals surface area contributed by atoms with E-state index in [0.29, 0.717) is 6.54 Å². The van der Waals surface area contributed by atoms with Gasteiger partial charge in [0.05, 0.1) is 12.8 Å². The molecule has 0 saturated heterocycles. The molecule has 3 rings (SSSR count). The Labute approximate surface area is 124 Å². The van der Waals surface area contributed by atoms with E-state index in [4.69, 9.17) is 14.6 Å². The van der Waals surface area contributed by atoms with E-state index >= 15 is 0 Å². The molecule has 0 unspecified atom stereocenters. The van der Waals surface area contributed by atoms with E-state index in [1.165, 1.54) is 5.56 Å². The van der Waals surface area contributed by atoms with Gasteiger partial charge < -0.3 is 14.6 Å². The minimum Gasteiger partial charge on any atom is -0.469 e. The van der Waals surface area contributed by atoms with Gasteiger partial charge in [-0.05, 0) is 26.1 Å². The number of para-hydroxylation sites is 1. The second-order valence-electron chi connectivity index (χ2n) is 5.38. The van der Waals surface area contributed by atoms with Gasteiger partial charge in [0.15, 0.2) is 0 Å². The van der Waals surface area contributed by atoms with Crippen LogP contribution in [-0.4, -0.2) is 11.9 Å². The first-order valence-electron chi connectivity index (χ1n) is 7.10. The zero-order chi connectivity index (χ0) is 14.8. The summed E-state index contributed by atoms with van der Waals surface area (Å²) in [5, 5.41) is 1.11. The third kappa shape index (κ3) is 2.73. The number of furan rings is 2. The van der Waals surface area contributed by atoms with Gasteiger partial charge in [-0.15, -0.1) is 0 Å². The summed E-state index contributed by atoms with van der Waals surface area (Å²) in [6, 6.07) is 10.0. The minimum atomic E-state index is 0.491. The van der Waals surface area contributed by atoms with Crippen molar-refractivity contribution in [1.29, 1.82) is 0 Å². The van der Waals surface area contributed by atoms with Crippen molar-refractivity contribution in [3.8, 4) is 0 Å². The van der Waals surface area contributed by atoms with E-state index in [-0.39, 0.29) is 0 Å². The maximum absolute atomic E-state index is 5.97. The van der Waals surface area contributed by atoms with Crippen LogP contribution in [0.15, 0.2) is 45.4 Å². The monoisotopic (exact) mass is 284 g/mol. The Morgan fingerprint density at radius 2 is 1.95 bits per heavy atom. The summed E-state index contributed by atoms with van der Waals surface area (Å²) in [6.07, 6.45) is 1.73. The summed E-state index contributed by atoms with van der Waals surface area (Å²) in [6.45, 7) is 4.02. The number of rotatable bonds is 5. The molecule has 2 aromatic heterocycles. The lowest BCUT2D eigenvalue weighted by Gasteiger charge is -2.15. The average Bonchev–Trinajstić information content (AvgIpc) is 3.02. The fraction of sp³-hybridized carbons (Fsp3) is 0.294. The number of hydrogen-bond acceptors (Lipinski definition) is 4. The molecule has 0 atom stereocenters. The fourth-order valence-electron chi connectivity index (χ4n) is 2.67. The van der Waals surface area contributed by atoms with E-state index in [1.54, 1.807) is 6.26 Å². The first kappa shape index (κ1) is 13.9. The lowest BCUT2D eigenvalue weighted by Crippen LogP contribution is -2.18. The molecular formula is C17H20N2O2. The van der Waals surface area contributed by atoms with E-state index in [0.717, 1.165) is 41.1 Å². The Morgan fingerprint density at radius 3 is 2.67 bits per heavy atom. The van der Waals surface area contributed by atoms with Crippen molar-refractivity contribution >= 4 is 11.0 Å². The number of nitrogens with two attached hydrogens (primary N) is 1. The highest BCUT2D eigenvalue weighted by molar-refractivity contribution is 5.82. The molecule has 0 aliphatic rings. The van der Waals surface area contributed by atoms with Crippen LogP contribution < -0.4 is 5.73 Å². The molecule has 0 bridgehead atoms. The molecule has 0 amide bonds. The zero-order valence-corrected chi connectivity index (χ0v) is 12.4. The topological polar surface area (TPSA) is 55.5 Å². The fourth-order valence-corrected chi connectivity index (χ4v) is 2.67. The molecule has 4 heteroatoms. The first-order chi connectivity index (χ1) is 10.2. The molecule has 21 heavy (non-hydrogen) atoms. The van der Waals surface area contributed by atoms with E-state index in [1.807, 2.05) is 31.2 Å². The van der Waals surface area contributed by atoms with Crippen molar-refractivity contribution in [2.24, 2.45) is 5.73 Å². The third-order valence-corrected chi connectivity index (χ3v) is 3.81. The highest BCUT2D eigenvalue weighted by Crippen LogP contribution is 2.26. The van der Waals surface area contributed by atoms with Crippen LogP contribution in [0.1, 0.15) is 22.6 Å². The Morgan fingerprint density at radius 1 is 1.14 bits per heavy atom. The van der Waals surface area contributed by atoms with Crippen LogP contribution in [0.2, 0.25) is 0 Å². The average molecular weight is 284 g/mol.